The number of carbonyl (C=O) groups excluding carboxylic acids is 1. The van der Waals surface area contributed by atoms with Gasteiger partial charge in [0.05, 0.1) is 19.3 Å². The molecule has 3 rings (SSSR count). The number of amides is 1. The Balaban J connectivity index is 0.000000975. The summed E-state index contributed by atoms with van der Waals surface area (Å²) in [6.45, 7) is 8.71. The molecule has 2 heterocycles. The first kappa shape index (κ1) is 33.9. The molecule has 8 nitrogen and oxygen atoms in total. The topological polar surface area (TPSA) is 120 Å². The fourth-order valence-corrected chi connectivity index (χ4v) is 4.09. The zero-order chi connectivity index (χ0) is 29.4. The number of methoxy groups -OCH3 is 1. The molecule has 1 atom stereocenters. The fraction of sp³-hybridized carbons (Fsp3) is 0.607. The van der Waals surface area contributed by atoms with Crippen molar-refractivity contribution >= 4 is 11.9 Å². The number of hydrogen-bond donors (Lipinski definition) is 3. The number of alkyl halides is 3. The second-order valence-electron chi connectivity index (χ2n) is 8.91. The number of hydrogen-bond acceptors (Lipinski definition) is 7. The Morgan fingerprint density at radius 2 is 1.85 bits per heavy atom. The number of benzene rings is 1. The number of aromatic hydroxyl groups is 1. The van der Waals surface area contributed by atoms with Crippen molar-refractivity contribution in [2.24, 2.45) is 5.73 Å². The van der Waals surface area contributed by atoms with Crippen molar-refractivity contribution in [3.8, 4) is 17.0 Å². The SMILES string of the molecule is CC.CCCCCCC(CC)Nc1cc2c(nn1)-c1c(O)cc(C(F)(F)F)cc1COCCC2.COC(N)=O. The van der Waals surface area contributed by atoms with Gasteiger partial charge < -0.3 is 25.6 Å². The maximum Gasteiger partial charge on any atom is 0.416 e. The van der Waals surface area contributed by atoms with Crippen LogP contribution in [0, 0.1) is 0 Å². The highest BCUT2D eigenvalue weighted by atomic mass is 19.4. The number of nitrogens with one attached hydrogen (secondary N) is 1. The zero-order valence-electron chi connectivity index (χ0n) is 23.7. The number of fused-ring (bicyclic) bond motifs is 3. The van der Waals surface area contributed by atoms with Crippen molar-refractivity contribution in [2.75, 3.05) is 19.0 Å². The van der Waals surface area contributed by atoms with E-state index >= 15 is 0 Å². The predicted octanol–water partition coefficient (Wildman–Crippen LogP) is 7.23. The third-order valence-electron chi connectivity index (χ3n) is 6.08. The van der Waals surface area contributed by atoms with Crippen LogP contribution in [-0.4, -0.2) is 41.2 Å². The Labute approximate surface area is 229 Å². The number of nitrogens with two attached hydrogens (primary N) is 1. The molecule has 39 heavy (non-hydrogen) atoms. The minimum Gasteiger partial charge on any atom is -0.507 e. The van der Waals surface area contributed by atoms with Gasteiger partial charge in [-0.2, -0.15) is 13.2 Å². The van der Waals surface area contributed by atoms with E-state index in [-0.39, 0.29) is 23.8 Å². The third-order valence-corrected chi connectivity index (χ3v) is 6.08. The van der Waals surface area contributed by atoms with Crippen LogP contribution in [0.3, 0.4) is 0 Å². The van der Waals surface area contributed by atoms with Crippen molar-refractivity contribution in [3.05, 3.63) is 34.9 Å². The van der Waals surface area contributed by atoms with E-state index in [1.807, 2.05) is 19.9 Å². The van der Waals surface area contributed by atoms with Crippen LogP contribution < -0.4 is 11.1 Å². The number of carbonyl (C=O) groups is 1. The second kappa shape index (κ2) is 17.5. The molecule has 1 amide bonds. The number of halogens is 3. The Kier molecular flexibility index (Phi) is 15.2. The van der Waals surface area contributed by atoms with E-state index in [4.69, 9.17) is 4.74 Å². The summed E-state index contributed by atoms with van der Waals surface area (Å²) in [5, 5.41) is 22.6. The highest BCUT2D eigenvalue weighted by Gasteiger charge is 2.33. The first-order valence-corrected chi connectivity index (χ1v) is 13.6. The van der Waals surface area contributed by atoms with Gasteiger partial charge in [-0.05, 0) is 55.0 Å². The smallest absolute Gasteiger partial charge is 0.416 e. The molecule has 0 bridgehead atoms. The fourth-order valence-electron chi connectivity index (χ4n) is 4.09. The number of phenolic OH excluding ortho intramolecular Hbond substituents is 1. The normalized spacial score (nSPS) is 13.4. The van der Waals surface area contributed by atoms with Crippen molar-refractivity contribution in [1.29, 1.82) is 0 Å². The molecule has 220 valence electrons. The average molecular weight is 557 g/mol. The van der Waals surface area contributed by atoms with Gasteiger partial charge in [0.25, 0.3) is 0 Å². The molecule has 11 heteroatoms. The summed E-state index contributed by atoms with van der Waals surface area (Å²) < 4.78 is 49.2. The summed E-state index contributed by atoms with van der Waals surface area (Å²) in [6, 6.07) is 3.97. The lowest BCUT2D eigenvalue weighted by Gasteiger charge is -2.19. The Bertz CT molecular complexity index is 1020. The third kappa shape index (κ3) is 11.3. The number of primary amides is 1. The first-order valence-electron chi connectivity index (χ1n) is 13.6. The van der Waals surface area contributed by atoms with E-state index in [0.717, 1.165) is 37.0 Å². The molecule has 1 aliphatic heterocycles. The van der Waals surface area contributed by atoms with Crippen LogP contribution in [0.2, 0.25) is 0 Å². The van der Waals surface area contributed by atoms with Crippen molar-refractivity contribution in [1.82, 2.24) is 10.2 Å². The number of phenols is 1. The van der Waals surface area contributed by atoms with Crippen molar-refractivity contribution < 1.29 is 32.5 Å². The van der Waals surface area contributed by atoms with Gasteiger partial charge in [0, 0.05) is 18.2 Å². The monoisotopic (exact) mass is 556 g/mol. The van der Waals surface area contributed by atoms with Crippen molar-refractivity contribution in [2.45, 2.75) is 97.9 Å². The molecule has 0 saturated carbocycles. The quantitative estimate of drug-likeness (QED) is 0.293. The minimum atomic E-state index is -4.56. The van der Waals surface area contributed by atoms with E-state index in [9.17, 15) is 23.1 Å². The maximum atomic E-state index is 13.2. The van der Waals surface area contributed by atoms with E-state index in [0.29, 0.717) is 31.0 Å². The number of aryl methyl sites for hydroxylation is 1. The molecule has 0 spiro atoms. The van der Waals surface area contributed by atoms with Crippen LogP contribution in [0.5, 0.6) is 5.75 Å². The Morgan fingerprint density at radius 3 is 2.44 bits per heavy atom. The maximum absolute atomic E-state index is 13.2. The summed E-state index contributed by atoms with van der Waals surface area (Å²) in [5.41, 5.74) is 5.31. The number of ether oxygens (including phenoxy) is 2. The molecule has 2 aromatic rings. The standard InChI is InChI=1S/C24H32F3N3O2.C2H5NO2.C2H6/c1-3-5-6-7-10-19(4-2)28-21-13-16-9-8-11-32-15-17-12-18(24(25,26)27)14-20(31)22(17)23(16)30-29-21;1-5-2(3)4;1-2/h12-14,19,31H,3-11,15H2,1-2H3,(H,28,29);1H3,(H2,3,4);1-2H3. The van der Waals surface area contributed by atoms with Crippen molar-refractivity contribution in [3.63, 3.8) is 0 Å². The van der Waals surface area contributed by atoms with Gasteiger partial charge in [-0.15, -0.1) is 10.2 Å². The molecular weight excluding hydrogens is 513 g/mol. The molecular formula is C28H43F3N4O4. The van der Waals surface area contributed by atoms with E-state index in [2.05, 4.69) is 39.8 Å². The van der Waals surface area contributed by atoms with Gasteiger partial charge in [0.2, 0.25) is 0 Å². The minimum absolute atomic E-state index is 0.0242. The molecule has 0 radical (unpaired) electrons. The van der Waals surface area contributed by atoms with Crippen LogP contribution in [-0.2, 0) is 28.7 Å². The van der Waals surface area contributed by atoms with Gasteiger partial charge >= 0.3 is 12.3 Å². The highest BCUT2D eigenvalue weighted by Crippen LogP contribution is 2.41. The van der Waals surface area contributed by atoms with Gasteiger partial charge in [-0.25, -0.2) is 4.79 Å². The molecule has 1 aliphatic rings. The van der Waals surface area contributed by atoms with Crippen LogP contribution in [0.25, 0.3) is 11.3 Å². The Morgan fingerprint density at radius 1 is 1.15 bits per heavy atom. The summed E-state index contributed by atoms with van der Waals surface area (Å²) in [7, 11) is 1.22. The van der Waals surface area contributed by atoms with Gasteiger partial charge in [-0.1, -0.05) is 53.4 Å². The van der Waals surface area contributed by atoms with E-state index in [1.54, 1.807) is 0 Å². The Hall–Kier alpha value is -3.08. The number of anilines is 1. The second-order valence-corrected chi connectivity index (χ2v) is 8.91. The molecule has 0 aliphatic carbocycles. The summed E-state index contributed by atoms with van der Waals surface area (Å²) in [5.74, 6) is 0.193. The van der Waals surface area contributed by atoms with Gasteiger partial charge in [0.1, 0.15) is 17.3 Å². The zero-order valence-corrected chi connectivity index (χ0v) is 23.7. The van der Waals surface area contributed by atoms with Crippen LogP contribution >= 0.6 is 0 Å². The van der Waals surface area contributed by atoms with E-state index in [1.165, 1.54) is 26.4 Å². The number of rotatable bonds is 8. The van der Waals surface area contributed by atoms with Gasteiger partial charge in [0.15, 0.2) is 0 Å². The lowest BCUT2D eigenvalue weighted by molar-refractivity contribution is -0.137. The summed E-state index contributed by atoms with van der Waals surface area (Å²) in [4.78, 5) is 9.37. The summed E-state index contributed by atoms with van der Waals surface area (Å²) in [6.07, 6.45) is 2.83. The molecule has 0 saturated heterocycles. The van der Waals surface area contributed by atoms with Crippen LogP contribution in [0.4, 0.5) is 23.8 Å². The highest BCUT2D eigenvalue weighted by molar-refractivity contribution is 5.74. The van der Waals surface area contributed by atoms with E-state index < -0.39 is 23.6 Å². The lowest BCUT2D eigenvalue weighted by atomic mass is 9.96. The van der Waals surface area contributed by atoms with Gasteiger partial charge in [-0.3, -0.25) is 0 Å². The largest absolute Gasteiger partial charge is 0.507 e. The predicted molar refractivity (Wildman–Crippen MR) is 147 cm³/mol. The molecule has 1 aromatic heterocycles. The lowest BCUT2D eigenvalue weighted by Crippen LogP contribution is -2.19. The summed E-state index contributed by atoms with van der Waals surface area (Å²) >= 11 is 0. The number of nitrogens with zero attached hydrogens (tertiary/aromatic N) is 2. The molecule has 1 unspecified atom stereocenters. The van der Waals surface area contributed by atoms with Crippen LogP contribution in [0.15, 0.2) is 18.2 Å². The number of aromatic nitrogens is 2. The average Bonchev–Trinajstić information content (AvgIpc) is 3.00. The molecule has 0 fully saturated rings. The first-order chi connectivity index (χ1) is 18.6. The number of unbranched alkanes of at least 4 members (excludes halogenated alkanes) is 3. The molecule has 4 N–H and O–H groups in total. The van der Waals surface area contributed by atoms with Crippen LogP contribution in [0.1, 0.15) is 89.3 Å². The molecule has 1 aromatic carbocycles.